The van der Waals surface area contributed by atoms with Crippen molar-refractivity contribution >= 4 is 12.0 Å². The van der Waals surface area contributed by atoms with Gasteiger partial charge in [0.05, 0.1) is 6.61 Å². The van der Waals surface area contributed by atoms with E-state index >= 15 is 0 Å². The zero-order chi connectivity index (χ0) is 17.1. The van der Waals surface area contributed by atoms with Gasteiger partial charge in [-0.25, -0.2) is 4.90 Å². The third-order valence-electron chi connectivity index (χ3n) is 4.80. The van der Waals surface area contributed by atoms with Gasteiger partial charge in [-0.15, -0.1) is 0 Å². The Morgan fingerprint density at radius 1 is 1.08 bits per heavy atom. The van der Waals surface area contributed by atoms with E-state index in [1.54, 1.807) is 0 Å². The van der Waals surface area contributed by atoms with Gasteiger partial charge in [-0.3, -0.25) is 4.58 Å². The summed E-state index contributed by atoms with van der Waals surface area (Å²) in [6.07, 6.45) is 3.06. The monoisotopic (exact) mass is 323 g/mol. The fraction of sp³-hybridized carbons (Fsp3) is 0.381. The van der Waals surface area contributed by atoms with Gasteiger partial charge in [0.1, 0.15) is 24.8 Å². The molecule has 1 unspecified atom stereocenters. The van der Waals surface area contributed by atoms with Gasteiger partial charge in [0.15, 0.2) is 0 Å². The van der Waals surface area contributed by atoms with E-state index in [1.165, 1.54) is 27.9 Å². The van der Waals surface area contributed by atoms with E-state index in [0.717, 1.165) is 19.5 Å². The molecule has 3 rings (SSSR count). The third kappa shape index (κ3) is 3.51. The third-order valence-corrected chi connectivity index (χ3v) is 4.80. The van der Waals surface area contributed by atoms with Gasteiger partial charge in [-0.1, -0.05) is 48.0 Å². The zero-order valence-electron chi connectivity index (χ0n) is 14.9. The zero-order valence-corrected chi connectivity index (χ0v) is 14.9. The Morgan fingerprint density at radius 2 is 1.75 bits per heavy atom. The van der Waals surface area contributed by atoms with Crippen molar-refractivity contribution in [2.24, 2.45) is 0 Å². The first kappa shape index (κ1) is 16.7. The summed E-state index contributed by atoms with van der Waals surface area (Å²) in [5, 5.41) is 9.87. The van der Waals surface area contributed by atoms with Gasteiger partial charge in [0, 0.05) is 6.42 Å². The van der Waals surface area contributed by atoms with Crippen LogP contribution in [0.3, 0.4) is 0 Å². The number of nitrogens with zero attached hydrogens (tertiary/aromatic N) is 2. The lowest BCUT2D eigenvalue weighted by Crippen LogP contribution is -2.31. The molecule has 0 spiro atoms. The molecule has 3 nitrogen and oxygen atoms in total. The van der Waals surface area contributed by atoms with Gasteiger partial charge >= 0.3 is 0 Å². The molecule has 0 amide bonds. The maximum absolute atomic E-state index is 9.87. The highest BCUT2D eigenvalue weighted by Gasteiger charge is 2.28. The number of aliphatic hydroxyl groups excluding tert-OH is 1. The van der Waals surface area contributed by atoms with Crippen molar-refractivity contribution in [2.75, 3.05) is 24.6 Å². The predicted molar refractivity (Wildman–Crippen MR) is 100 cm³/mol. The van der Waals surface area contributed by atoms with E-state index in [0.29, 0.717) is 0 Å². The summed E-state index contributed by atoms with van der Waals surface area (Å²) < 4.78 is 2.28. The molecular formula is C21H27N2O+. The van der Waals surface area contributed by atoms with E-state index in [2.05, 4.69) is 73.0 Å². The van der Waals surface area contributed by atoms with Crippen LogP contribution in [0.5, 0.6) is 0 Å². The minimum Gasteiger partial charge on any atom is -0.392 e. The summed E-state index contributed by atoms with van der Waals surface area (Å²) in [6, 6.07) is 15.0. The highest BCUT2D eigenvalue weighted by molar-refractivity contribution is 5.81. The van der Waals surface area contributed by atoms with Crippen LogP contribution in [0, 0.1) is 20.8 Å². The van der Waals surface area contributed by atoms with Gasteiger partial charge < -0.3 is 5.11 Å². The minimum atomic E-state index is 0.128. The van der Waals surface area contributed by atoms with Gasteiger partial charge in [0.25, 0.3) is 0 Å². The summed E-state index contributed by atoms with van der Waals surface area (Å²) in [6.45, 7) is 8.59. The standard InChI is InChI=1S/C21H27N2O/c1-16-11-17(2)21(18(3)12-16)23-10-9-22(15-23)20(14-24)13-19-7-5-4-6-8-19/h4-8,11-12,15,20,24H,9-10,13-14H2,1-3H3/q+1. The fourth-order valence-electron chi connectivity index (χ4n) is 3.76. The predicted octanol–water partition coefficient (Wildman–Crippen LogP) is 3.08. The smallest absolute Gasteiger partial charge is 0.239 e. The number of benzene rings is 2. The van der Waals surface area contributed by atoms with Crippen LogP contribution in [0.4, 0.5) is 5.69 Å². The Bertz CT molecular complexity index is 714. The first-order chi connectivity index (χ1) is 11.6. The number of rotatable bonds is 5. The van der Waals surface area contributed by atoms with E-state index < -0.39 is 0 Å². The highest BCUT2D eigenvalue weighted by atomic mass is 16.3. The maximum atomic E-state index is 9.87. The molecule has 1 N–H and O–H groups in total. The van der Waals surface area contributed by atoms with Crippen LogP contribution < -0.4 is 4.90 Å². The Balaban J connectivity index is 1.82. The lowest BCUT2D eigenvalue weighted by atomic mass is 10.0. The van der Waals surface area contributed by atoms with Crippen LogP contribution >= 0.6 is 0 Å². The van der Waals surface area contributed by atoms with Crippen molar-refractivity contribution in [3.63, 3.8) is 0 Å². The first-order valence-corrected chi connectivity index (χ1v) is 8.68. The summed E-state index contributed by atoms with van der Waals surface area (Å²) in [5.74, 6) is 0. The molecule has 0 saturated heterocycles. The van der Waals surface area contributed by atoms with Crippen molar-refractivity contribution in [1.29, 1.82) is 0 Å². The van der Waals surface area contributed by atoms with Crippen molar-refractivity contribution in [2.45, 2.75) is 33.2 Å². The topological polar surface area (TPSA) is 26.5 Å². The molecule has 0 saturated carbocycles. The molecule has 1 aliphatic heterocycles. The van der Waals surface area contributed by atoms with E-state index in [9.17, 15) is 5.11 Å². The SMILES string of the molecule is Cc1cc(C)c(N2C=[N+](C(CO)Cc3ccccc3)CC2)c(C)c1. The average molecular weight is 323 g/mol. The molecule has 0 fully saturated rings. The summed E-state index contributed by atoms with van der Waals surface area (Å²) in [4.78, 5) is 2.33. The number of aliphatic hydroxyl groups is 1. The first-order valence-electron chi connectivity index (χ1n) is 8.68. The molecule has 3 heteroatoms. The lowest BCUT2D eigenvalue weighted by Gasteiger charge is -2.14. The second kappa shape index (κ2) is 7.18. The second-order valence-corrected chi connectivity index (χ2v) is 6.82. The molecule has 126 valence electrons. The number of hydrogen-bond acceptors (Lipinski definition) is 2. The van der Waals surface area contributed by atoms with Crippen LogP contribution in [-0.2, 0) is 6.42 Å². The number of hydrogen-bond donors (Lipinski definition) is 1. The van der Waals surface area contributed by atoms with Crippen LogP contribution in [0.25, 0.3) is 0 Å². The van der Waals surface area contributed by atoms with E-state index in [-0.39, 0.29) is 12.6 Å². The van der Waals surface area contributed by atoms with Gasteiger partial charge in [0.2, 0.25) is 6.34 Å². The van der Waals surface area contributed by atoms with Crippen LogP contribution in [0.1, 0.15) is 22.3 Å². The molecule has 0 aliphatic carbocycles. The Labute approximate surface area is 144 Å². The Kier molecular flexibility index (Phi) is 5.00. The molecule has 0 aromatic heterocycles. The molecule has 0 radical (unpaired) electrons. The number of aryl methyl sites for hydroxylation is 3. The molecule has 24 heavy (non-hydrogen) atoms. The summed E-state index contributed by atoms with van der Waals surface area (Å²) in [7, 11) is 0. The van der Waals surface area contributed by atoms with Crippen molar-refractivity contribution in [1.82, 2.24) is 0 Å². The van der Waals surface area contributed by atoms with Crippen LogP contribution in [0.2, 0.25) is 0 Å². The van der Waals surface area contributed by atoms with Crippen molar-refractivity contribution in [3.8, 4) is 0 Å². The Hall–Kier alpha value is -2.13. The normalized spacial score (nSPS) is 15.5. The second-order valence-electron chi connectivity index (χ2n) is 6.82. The molecular weight excluding hydrogens is 296 g/mol. The molecule has 0 bridgehead atoms. The fourth-order valence-corrected chi connectivity index (χ4v) is 3.76. The average Bonchev–Trinajstić information content (AvgIpc) is 3.02. The quantitative estimate of drug-likeness (QED) is 0.856. The Morgan fingerprint density at radius 3 is 2.38 bits per heavy atom. The molecule has 1 atom stereocenters. The van der Waals surface area contributed by atoms with Crippen LogP contribution in [0.15, 0.2) is 42.5 Å². The molecule has 2 aromatic rings. The molecule has 2 aromatic carbocycles. The van der Waals surface area contributed by atoms with E-state index in [1.807, 2.05) is 6.07 Å². The molecule has 1 heterocycles. The van der Waals surface area contributed by atoms with Crippen molar-refractivity contribution in [3.05, 3.63) is 64.7 Å². The minimum absolute atomic E-state index is 0.128. The van der Waals surface area contributed by atoms with Gasteiger partial charge in [-0.2, -0.15) is 0 Å². The van der Waals surface area contributed by atoms with Gasteiger partial charge in [-0.05, 0) is 37.5 Å². The lowest BCUT2D eigenvalue weighted by molar-refractivity contribution is -0.555. The summed E-state index contributed by atoms with van der Waals surface area (Å²) >= 11 is 0. The largest absolute Gasteiger partial charge is 0.392 e. The highest BCUT2D eigenvalue weighted by Crippen LogP contribution is 2.26. The maximum Gasteiger partial charge on any atom is 0.239 e. The summed E-state index contributed by atoms with van der Waals surface area (Å²) in [5.41, 5.74) is 6.51. The number of anilines is 1. The molecule has 1 aliphatic rings. The van der Waals surface area contributed by atoms with E-state index in [4.69, 9.17) is 0 Å². The van der Waals surface area contributed by atoms with Crippen molar-refractivity contribution < 1.29 is 9.68 Å². The van der Waals surface area contributed by atoms with Crippen LogP contribution in [-0.4, -0.2) is 41.8 Å².